The Labute approximate surface area is 123 Å². The van der Waals surface area contributed by atoms with E-state index in [0.29, 0.717) is 17.1 Å². The predicted molar refractivity (Wildman–Crippen MR) is 83.0 cm³/mol. The number of halogens is 1. The Hall–Kier alpha value is -1.65. The van der Waals surface area contributed by atoms with Gasteiger partial charge in [-0.1, -0.05) is 18.5 Å². The minimum absolute atomic E-state index is 0.254. The summed E-state index contributed by atoms with van der Waals surface area (Å²) in [5, 5.41) is 4.14. The summed E-state index contributed by atoms with van der Waals surface area (Å²) in [7, 11) is 0. The fraction of sp³-hybridized carbons (Fsp3) is 0.333. The number of nitrogens with two attached hydrogens (primary N) is 1. The summed E-state index contributed by atoms with van der Waals surface area (Å²) in [5.74, 6) is -0.254. The molecule has 1 amide bonds. The summed E-state index contributed by atoms with van der Waals surface area (Å²) in [4.78, 5) is 16.6. The number of nitrogens with zero attached hydrogens (tertiary/aromatic N) is 1. The molecule has 0 saturated heterocycles. The fourth-order valence-electron chi connectivity index (χ4n) is 1.92. The maximum atomic E-state index is 12.2. The second-order valence-corrected chi connectivity index (χ2v) is 5.58. The Morgan fingerprint density at radius 1 is 1.55 bits per heavy atom. The summed E-state index contributed by atoms with van der Waals surface area (Å²) < 4.78 is 0. The molecule has 2 rings (SSSR count). The van der Waals surface area contributed by atoms with Gasteiger partial charge in [0.15, 0.2) is 0 Å². The molecule has 1 aromatic carbocycles. The number of benzene rings is 1. The van der Waals surface area contributed by atoms with Crippen molar-refractivity contribution in [1.82, 2.24) is 4.98 Å². The minimum atomic E-state index is -0.928. The Morgan fingerprint density at radius 2 is 2.25 bits per heavy atom. The molecule has 106 valence electrons. The van der Waals surface area contributed by atoms with E-state index in [-0.39, 0.29) is 5.91 Å². The van der Waals surface area contributed by atoms with Gasteiger partial charge in [-0.25, -0.2) is 0 Å². The second kappa shape index (κ2) is 5.38. The van der Waals surface area contributed by atoms with E-state index in [1.54, 1.807) is 19.2 Å². The number of anilines is 1. The first-order valence-electron chi connectivity index (χ1n) is 6.51. The summed E-state index contributed by atoms with van der Waals surface area (Å²) in [6, 6.07) is 5.50. The van der Waals surface area contributed by atoms with E-state index in [9.17, 15) is 4.79 Å². The first-order chi connectivity index (χ1) is 9.36. The van der Waals surface area contributed by atoms with Gasteiger partial charge in [0, 0.05) is 11.6 Å². The molecule has 0 bridgehead atoms. The van der Waals surface area contributed by atoms with E-state index in [1.807, 2.05) is 26.0 Å². The van der Waals surface area contributed by atoms with Crippen LogP contribution in [0.4, 0.5) is 5.69 Å². The second-order valence-electron chi connectivity index (χ2n) is 5.18. The minimum Gasteiger partial charge on any atom is -0.323 e. The zero-order chi connectivity index (χ0) is 14.9. The van der Waals surface area contributed by atoms with E-state index in [2.05, 4.69) is 10.3 Å². The van der Waals surface area contributed by atoms with Crippen molar-refractivity contribution in [3.05, 3.63) is 35.0 Å². The van der Waals surface area contributed by atoms with Crippen molar-refractivity contribution < 1.29 is 4.79 Å². The van der Waals surface area contributed by atoms with Crippen molar-refractivity contribution in [2.45, 2.75) is 32.7 Å². The van der Waals surface area contributed by atoms with Gasteiger partial charge in [0.05, 0.1) is 21.8 Å². The van der Waals surface area contributed by atoms with Gasteiger partial charge < -0.3 is 11.1 Å². The van der Waals surface area contributed by atoms with E-state index in [4.69, 9.17) is 17.3 Å². The van der Waals surface area contributed by atoms with Gasteiger partial charge in [0.25, 0.3) is 0 Å². The van der Waals surface area contributed by atoms with Gasteiger partial charge in [0.2, 0.25) is 5.91 Å². The third kappa shape index (κ3) is 2.62. The molecule has 0 aliphatic rings. The van der Waals surface area contributed by atoms with Crippen LogP contribution in [-0.4, -0.2) is 16.4 Å². The molecule has 20 heavy (non-hydrogen) atoms. The lowest BCUT2D eigenvalue weighted by molar-refractivity contribution is -0.120. The molecule has 1 heterocycles. The molecular formula is C15H18ClN3O. The lowest BCUT2D eigenvalue weighted by atomic mass is 9.99. The van der Waals surface area contributed by atoms with Gasteiger partial charge in [-0.2, -0.15) is 0 Å². The average Bonchev–Trinajstić information content (AvgIpc) is 2.43. The van der Waals surface area contributed by atoms with Gasteiger partial charge in [-0.15, -0.1) is 0 Å². The highest BCUT2D eigenvalue weighted by Gasteiger charge is 2.27. The van der Waals surface area contributed by atoms with Gasteiger partial charge >= 0.3 is 0 Å². The Balaban J connectivity index is 2.53. The molecular weight excluding hydrogens is 274 g/mol. The monoisotopic (exact) mass is 291 g/mol. The van der Waals surface area contributed by atoms with Crippen LogP contribution in [0.5, 0.6) is 0 Å². The first kappa shape index (κ1) is 14.8. The van der Waals surface area contributed by atoms with Gasteiger partial charge in [-0.3, -0.25) is 9.78 Å². The highest BCUT2D eigenvalue weighted by atomic mass is 35.5. The largest absolute Gasteiger partial charge is 0.323 e. The SMILES string of the molecule is CCC(C)(N)C(=O)Nc1c(Cl)cc(C)c2ncccc12. The number of fused-ring (bicyclic) bond motifs is 1. The highest BCUT2D eigenvalue weighted by molar-refractivity contribution is 6.35. The van der Waals surface area contributed by atoms with Crippen LogP contribution < -0.4 is 11.1 Å². The summed E-state index contributed by atoms with van der Waals surface area (Å²) in [6.45, 7) is 5.51. The third-order valence-electron chi connectivity index (χ3n) is 3.52. The molecule has 0 aliphatic carbocycles. The van der Waals surface area contributed by atoms with Crippen LogP contribution in [0, 0.1) is 6.92 Å². The van der Waals surface area contributed by atoms with Crippen molar-refractivity contribution in [3.8, 4) is 0 Å². The summed E-state index contributed by atoms with van der Waals surface area (Å²) >= 11 is 6.26. The Morgan fingerprint density at radius 3 is 2.90 bits per heavy atom. The molecule has 0 saturated carbocycles. The summed E-state index contributed by atoms with van der Waals surface area (Å²) in [6.07, 6.45) is 2.26. The Bertz CT molecular complexity index is 667. The Kier molecular flexibility index (Phi) is 3.97. The first-order valence-corrected chi connectivity index (χ1v) is 6.88. The van der Waals surface area contributed by atoms with Crippen LogP contribution >= 0.6 is 11.6 Å². The molecule has 3 N–H and O–H groups in total. The molecule has 5 heteroatoms. The van der Waals surface area contributed by atoms with Gasteiger partial charge in [-0.05, 0) is 44.0 Å². The zero-order valence-electron chi connectivity index (χ0n) is 11.8. The van der Waals surface area contributed by atoms with Crippen molar-refractivity contribution >= 4 is 34.1 Å². The van der Waals surface area contributed by atoms with Crippen LogP contribution in [0.2, 0.25) is 5.02 Å². The molecule has 1 unspecified atom stereocenters. The molecule has 0 radical (unpaired) electrons. The lowest BCUT2D eigenvalue weighted by Gasteiger charge is -2.22. The molecule has 2 aromatic rings. The van der Waals surface area contributed by atoms with Crippen molar-refractivity contribution in [1.29, 1.82) is 0 Å². The number of carbonyl (C=O) groups is 1. The molecule has 0 fully saturated rings. The average molecular weight is 292 g/mol. The number of aromatic nitrogens is 1. The number of pyridine rings is 1. The van der Waals surface area contributed by atoms with Crippen molar-refractivity contribution in [2.75, 3.05) is 5.32 Å². The topological polar surface area (TPSA) is 68.0 Å². The van der Waals surface area contributed by atoms with E-state index in [1.165, 1.54) is 0 Å². The normalized spacial score (nSPS) is 14.1. The number of amides is 1. The molecule has 1 aromatic heterocycles. The molecule has 4 nitrogen and oxygen atoms in total. The highest BCUT2D eigenvalue weighted by Crippen LogP contribution is 2.33. The maximum Gasteiger partial charge on any atom is 0.244 e. The zero-order valence-corrected chi connectivity index (χ0v) is 12.6. The van der Waals surface area contributed by atoms with Crippen molar-refractivity contribution in [3.63, 3.8) is 0 Å². The van der Waals surface area contributed by atoms with Crippen LogP contribution in [0.3, 0.4) is 0 Å². The molecule has 0 spiro atoms. The number of carbonyl (C=O) groups excluding carboxylic acids is 1. The molecule has 0 aliphatic heterocycles. The lowest BCUT2D eigenvalue weighted by Crippen LogP contribution is -2.47. The number of hydrogen-bond donors (Lipinski definition) is 2. The number of rotatable bonds is 3. The fourth-order valence-corrected chi connectivity index (χ4v) is 2.24. The van der Waals surface area contributed by atoms with Crippen LogP contribution in [0.25, 0.3) is 10.9 Å². The number of aryl methyl sites for hydroxylation is 1. The predicted octanol–water partition coefficient (Wildman–Crippen LogP) is 3.26. The van der Waals surface area contributed by atoms with Crippen LogP contribution in [0.15, 0.2) is 24.4 Å². The van der Waals surface area contributed by atoms with E-state index in [0.717, 1.165) is 16.5 Å². The van der Waals surface area contributed by atoms with Crippen molar-refractivity contribution in [2.24, 2.45) is 5.73 Å². The van der Waals surface area contributed by atoms with Crippen LogP contribution in [0.1, 0.15) is 25.8 Å². The smallest absolute Gasteiger partial charge is 0.244 e. The van der Waals surface area contributed by atoms with E-state index < -0.39 is 5.54 Å². The standard InChI is InChI=1S/C15H18ClN3O/c1-4-15(3,17)14(20)19-13-10-6-5-7-18-12(10)9(2)8-11(13)16/h5-8H,4,17H2,1-3H3,(H,19,20). The number of nitrogens with one attached hydrogen (secondary N) is 1. The maximum absolute atomic E-state index is 12.2. The van der Waals surface area contributed by atoms with E-state index >= 15 is 0 Å². The third-order valence-corrected chi connectivity index (χ3v) is 3.82. The molecule has 1 atom stereocenters. The van der Waals surface area contributed by atoms with Crippen LogP contribution in [-0.2, 0) is 4.79 Å². The summed E-state index contributed by atoms with van der Waals surface area (Å²) in [5.41, 5.74) is 7.39. The quantitative estimate of drug-likeness (QED) is 0.912. The van der Waals surface area contributed by atoms with Gasteiger partial charge in [0.1, 0.15) is 0 Å². The number of hydrogen-bond acceptors (Lipinski definition) is 3.